The van der Waals surface area contributed by atoms with Gasteiger partial charge in [-0.25, -0.2) is 19.3 Å². The Morgan fingerprint density at radius 2 is 2.09 bits per heavy atom. The first-order valence-corrected chi connectivity index (χ1v) is 14.7. The Morgan fingerprint density at radius 3 is 2.84 bits per heavy atom. The van der Waals surface area contributed by atoms with Crippen LogP contribution in [0.4, 0.5) is 4.39 Å². The number of fused-ring (bicyclic) bond motifs is 1. The van der Waals surface area contributed by atoms with Gasteiger partial charge in [0, 0.05) is 42.0 Å². The monoisotopic (exact) mass is 600 g/mol. The van der Waals surface area contributed by atoms with Crippen LogP contribution < -0.4 is 4.74 Å². The van der Waals surface area contributed by atoms with Crippen LogP contribution in [0.15, 0.2) is 54.9 Å². The van der Waals surface area contributed by atoms with Crippen molar-refractivity contribution in [2.45, 2.75) is 45.6 Å². The van der Waals surface area contributed by atoms with Gasteiger partial charge < -0.3 is 14.0 Å². The average Bonchev–Trinajstić information content (AvgIpc) is 3.57. The van der Waals surface area contributed by atoms with Crippen molar-refractivity contribution in [3.63, 3.8) is 0 Å². The van der Waals surface area contributed by atoms with Crippen molar-refractivity contribution in [1.29, 1.82) is 0 Å². The lowest BCUT2D eigenvalue weighted by Gasteiger charge is -2.29. The van der Waals surface area contributed by atoms with E-state index in [2.05, 4.69) is 40.7 Å². The summed E-state index contributed by atoms with van der Waals surface area (Å²) >= 11 is 5.89. The van der Waals surface area contributed by atoms with Crippen LogP contribution >= 0.6 is 11.6 Å². The van der Waals surface area contributed by atoms with Gasteiger partial charge in [0.25, 0.3) is 0 Å². The number of imidazole rings is 1. The van der Waals surface area contributed by atoms with Gasteiger partial charge in [0.1, 0.15) is 29.8 Å². The molecule has 0 aliphatic carbocycles. The predicted octanol–water partition coefficient (Wildman–Crippen LogP) is 5.37. The van der Waals surface area contributed by atoms with Crippen molar-refractivity contribution < 1.29 is 13.9 Å². The number of aromatic nitrogens is 7. The molecule has 6 heterocycles. The molecule has 1 fully saturated rings. The minimum atomic E-state index is -0.396. The first-order valence-electron chi connectivity index (χ1n) is 14.3. The largest absolute Gasteiger partial charge is 0.472 e. The Balaban J connectivity index is 1.09. The zero-order valence-electron chi connectivity index (χ0n) is 23.6. The standard InChI is InChI=1S/C31H30ClFN8O2/c1-19-36-30(39-38-19)27-14-26-28(15-35-27)41(16-23-8-12-42-23)29(37-26)17-40-10-6-20(7-11-40)24-3-2-9-34-31(24)43-18-21-4-5-22(32)13-25(21)33/h2-6,9,13-15,23H,7-8,10-12,16-18H2,1H3,(H,36,38,39)/t23-/m0/s1. The van der Waals surface area contributed by atoms with Gasteiger partial charge in [-0.2, -0.15) is 5.10 Å². The number of hydrogen-bond acceptors (Lipinski definition) is 8. The van der Waals surface area contributed by atoms with E-state index in [0.717, 1.165) is 72.9 Å². The Morgan fingerprint density at radius 1 is 1.19 bits per heavy atom. The molecule has 1 N–H and O–H groups in total. The molecular formula is C31H30ClFN8O2. The van der Waals surface area contributed by atoms with Crippen molar-refractivity contribution in [2.24, 2.45) is 0 Å². The molecule has 2 aliphatic heterocycles. The minimum Gasteiger partial charge on any atom is -0.472 e. The molecule has 220 valence electrons. The number of nitrogens with one attached hydrogen (secondary N) is 1. The highest BCUT2D eigenvalue weighted by Gasteiger charge is 2.24. The zero-order chi connectivity index (χ0) is 29.3. The summed E-state index contributed by atoms with van der Waals surface area (Å²) in [5, 5.41) is 7.49. The molecule has 7 rings (SSSR count). The summed E-state index contributed by atoms with van der Waals surface area (Å²) in [6.45, 7) is 5.75. The van der Waals surface area contributed by atoms with E-state index in [-0.39, 0.29) is 12.7 Å². The number of ether oxygens (including phenoxy) is 2. The molecule has 1 atom stereocenters. The lowest BCUT2D eigenvalue weighted by molar-refractivity contribution is -0.0591. The normalized spacial score (nSPS) is 17.2. The van der Waals surface area contributed by atoms with Gasteiger partial charge in [0.05, 0.1) is 36.4 Å². The lowest BCUT2D eigenvalue weighted by Crippen LogP contribution is -2.33. The highest BCUT2D eigenvalue weighted by molar-refractivity contribution is 6.30. The summed E-state index contributed by atoms with van der Waals surface area (Å²) in [5.74, 6) is 2.37. The van der Waals surface area contributed by atoms with Crippen LogP contribution in [-0.4, -0.2) is 65.4 Å². The molecule has 0 unspecified atom stereocenters. The van der Waals surface area contributed by atoms with E-state index in [1.807, 2.05) is 31.3 Å². The Hall–Kier alpha value is -4.19. The molecule has 0 saturated carbocycles. The van der Waals surface area contributed by atoms with E-state index in [9.17, 15) is 4.39 Å². The van der Waals surface area contributed by atoms with Gasteiger partial charge in [-0.1, -0.05) is 23.7 Å². The fraction of sp³-hybridized carbons (Fsp3) is 0.323. The summed E-state index contributed by atoms with van der Waals surface area (Å²) in [6, 6.07) is 10.4. The van der Waals surface area contributed by atoms with Gasteiger partial charge in [0.2, 0.25) is 5.88 Å². The van der Waals surface area contributed by atoms with Gasteiger partial charge in [0.15, 0.2) is 5.82 Å². The maximum atomic E-state index is 14.3. The molecule has 4 aromatic heterocycles. The molecule has 5 aromatic rings. The van der Waals surface area contributed by atoms with Gasteiger partial charge in [-0.05, 0) is 55.7 Å². The molecule has 0 bridgehead atoms. The van der Waals surface area contributed by atoms with Crippen LogP contribution in [0.25, 0.3) is 28.1 Å². The first-order chi connectivity index (χ1) is 21.0. The number of rotatable bonds is 9. The SMILES string of the molecule is Cc1nc(-c2cc3nc(CN4CC=C(c5cccnc5OCc5ccc(Cl)cc5F)CC4)n(C[C@@H]4CCO4)c3cn2)n[nH]1. The van der Waals surface area contributed by atoms with Crippen LogP contribution in [0.1, 0.15) is 35.6 Å². The zero-order valence-corrected chi connectivity index (χ0v) is 24.4. The second kappa shape index (κ2) is 11.8. The third-order valence-electron chi connectivity index (χ3n) is 7.87. The second-order valence-corrected chi connectivity index (χ2v) is 11.3. The number of nitrogens with zero attached hydrogens (tertiary/aromatic N) is 7. The van der Waals surface area contributed by atoms with E-state index < -0.39 is 5.82 Å². The van der Waals surface area contributed by atoms with Gasteiger partial charge >= 0.3 is 0 Å². The van der Waals surface area contributed by atoms with Gasteiger partial charge in [-0.15, -0.1) is 0 Å². The molecule has 10 nitrogen and oxygen atoms in total. The first kappa shape index (κ1) is 27.6. The number of aryl methyl sites for hydroxylation is 1. The van der Waals surface area contributed by atoms with E-state index in [0.29, 0.717) is 34.5 Å². The van der Waals surface area contributed by atoms with Crippen molar-refractivity contribution in [3.05, 3.63) is 88.5 Å². The minimum absolute atomic E-state index is 0.0692. The molecular weight excluding hydrogens is 571 g/mol. The van der Waals surface area contributed by atoms with E-state index in [1.165, 1.54) is 6.07 Å². The highest BCUT2D eigenvalue weighted by atomic mass is 35.5. The van der Waals surface area contributed by atoms with Crippen LogP contribution in [0.3, 0.4) is 0 Å². The lowest BCUT2D eigenvalue weighted by atomic mass is 10.0. The average molecular weight is 601 g/mol. The maximum absolute atomic E-state index is 14.3. The van der Waals surface area contributed by atoms with Crippen molar-refractivity contribution in [2.75, 3.05) is 19.7 Å². The fourth-order valence-corrected chi connectivity index (χ4v) is 5.60. The van der Waals surface area contributed by atoms with Crippen molar-refractivity contribution in [3.8, 4) is 17.4 Å². The van der Waals surface area contributed by atoms with E-state index in [4.69, 9.17) is 26.1 Å². The summed E-state index contributed by atoms with van der Waals surface area (Å²) in [7, 11) is 0. The molecule has 1 aromatic carbocycles. The predicted molar refractivity (Wildman–Crippen MR) is 160 cm³/mol. The summed E-state index contributed by atoms with van der Waals surface area (Å²) in [4.78, 5) is 20.9. The second-order valence-electron chi connectivity index (χ2n) is 10.8. The number of halogens is 2. The summed E-state index contributed by atoms with van der Waals surface area (Å²) in [5.41, 5.74) is 5.03. The van der Waals surface area contributed by atoms with Gasteiger partial charge in [-0.3, -0.25) is 15.0 Å². The summed E-state index contributed by atoms with van der Waals surface area (Å²) in [6.07, 6.45) is 7.80. The Bertz CT molecular complexity index is 1810. The highest BCUT2D eigenvalue weighted by Crippen LogP contribution is 2.31. The van der Waals surface area contributed by atoms with Crippen LogP contribution in [0, 0.1) is 12.7 Å². The summed E-state index contributed by atoms with van der Waals surface area (Å²) < 4.78 is 28.3. The third kappa shape index (κ3) is 5.88. The molecule has 12 heteroatoms. The number of benzene rings is 1. The molecule has 1 saturated heterocycles. The topological polar surface area (TPSA) is 107 Å². The fourth-order valence-electron chi connectivity index (χ4n) is 5.44. The van der Waals surface area contributed by atoms with E-state index >= 15 is 0 Å². The molecule has 0 spiro atoms. The Kier molecular flexibility index (Phi) is 7.60. The quantitative estimate of drug-likeness (QED) is 0.241. The number of pyridine rings is 2. The van der Waals surface area contributed by atoms with Crippen LogP contribution in [0.2, 0.25) is 5.02 Å². The molecule has 2 aliphatic rings. The number of hydrogen-bond donors (Lipinski definition) is 1. The maximum Gasteiger partial charge on any atom is 0.221 e. The smallest absolute Gasteiger partial charge is 0.221 e. The van der Waals surface area contributed by atoms with Crippen molar-refractivity contribution in [1.82, 2.24) is 39.6 Å². The van der Waals surface area contributed by atoms with Crippen LogP contribution in [-0.2, 0) is 24.4 Å². The number of aromatic amines is 1. The van der Waals surface area contributed by atoms with Crippen LogP contribution in [0.5, 0.6) is 5.88 Å². The molecule has 43 heavy (non-hydrogen) atoms. The molecule has 0 amide bonds. The molecule has 0 radical (unpaired) electrons. The number of H-pyrrole nitrogens is 1. The van der Waals surface area contributed by atoms with E-state index in [1.54, 1.807) is 18.3 Å². The third-order valence-corrected chi connectivity index (χ3v) is 8.11. The van der Waals surface area contributed by atoms with Crippen molar-refractivity contribution >= 4 is 28.2 Å². The Labute approximate surface area is 252 Å².